The van der Waals surface area contributed by atoms with Crippen molar-refractivity contribution in [2.45, 2.75) is 25.9 Å². The number of carbonyl (C=O) groups excluding carboxylic acids is 1. The predicted octanol–water partition coefficient (Wildman–Crippen LogP) is 1.77. The van der Waals surface area contributed by atoms with Gasteiger partial charge < -0.3 is 15.0 Å². The molecule has 1 saturated carbocycles. The molecule has 8 heteroatoms. The van der Waals surface area contributed by atoms with E-state index in [2.05, 4.69) is 20.4 Å². The SMILES string of the molecule is C[C@H](O)c1nc(-c2nn(C)c3cnc(NC(=O)C4CC4)cc23)cn1C. The maximum Gasteiger partial charge on any atom is 0.228 e. The smallest absolute Gasteiger partial charge is 0.228 e. The van der Waals surface area contributed by atoms with Crippen LogP contribution in [0.5, 0.6) is 0 Å². The van der Waals surface area contributed by atoms with Crippen molar-refractivity contribution in [1.82, 2.24) is 24.3 Å². The normalized spacial score (nSPS) is 15.5. The molecule has 8 nitrogen and oxygen atoms in total. The number of hydrogen-bond donors (Lipinski definition) is 2. The third-order valence-electron chi connectivity index (χ3n) is 4.46. The molecule has 0 aromatic carbocycles. The third kappa shape index (κ3) is 2.78. The molecule has 1 atom stereocenters. The monoisotopic (exact) mass is 340 g/mol. The Morgan fingerprint density at radius 3 is 2.80 bits per heavy atom. The Balaban J connectivity index is 1.77. The van der Waals surface area contributed by atoms with E-state index in [1.54, 1.807) is 22.4 Å². The summed E-state index contributed by atoms with van der Waals surface area (Å²) < 4.78 is 3.53. The van der Waals surface area contributed by atoms with Crippen LogP contribution in [0.3, 0.4) is 0 Å². The average molecular weight is 340 g/mol. The zero-order chi connectivity index (χ0) is 17.7. The van der Waals surface area contributed by atoms with Crippen LogP contribution in [0.15, 0.2) is 18.5 Å². The fourth-order valence-corrected chi connectivity index (χ4v) is 2.97. The maximum atomic E-state index is 12.0. The van der Waals surface area contributed by atoms with Crippen LogP contribution in [0.4, 0.5) is 5.82 Å². The van der Waals surface area contributed by atoms with Gasteiger partial charge in [-0.3, -0.25) is 9.48 Å². The molecule has 0 unspecified atom stereocenters. The van der Waals surface area contributed by atoms with Crippen LogP contribution < -0.4 is 5.32 Å². The highest BCUT2D eigenvalue weighted by atomic mass is 16.3. The van der Waals surface area contributed by atoms with Crippen molar-refractivity contribution in [2.75, 3.05) is 5.32 Å². The summed E-state index contributed by atoms with van der Waals surface area (Å²) in [7, 11) is 3.68. The van der Waals surface area contributed by atoms with Crippen LogP contribution in [0.25, 0.3) is 22.3 Å². The summed E-state index contributed by atoms with van der Waals surface area (Å²) >= 11 is 0. The minimum absolute atomic E-state index is 0.0199. The molecule has 0 radical (unpaired) electrons. The Kier molecular flexibility index (Phi) is 3.57. The van der Waals surface area contributed by atoms with E-state index < -0.39 is 6.10 Å². The van der Waals surface area contributed by atoms with Crippen molar-refractivity contribution in [1.29, 1.82) is 0 Å². The topological polar surface area (TPSA) is 97.9 Å². The van der Waals surface area contributed by atoms with Gasteiger partial charge in [0, 0.05) is 31.6 Å². The highest BCUT2D eigenvalue weighted by Gasteiger charge is 2.30. The quantitative estimate of drug-likeness (QED) is 0.754. The standard InChI is InChI=1S/C17H20N6O2/c1-9(24)16-19-12(8-22(16)2)15-11-6-14(20-17(25)10-4-5-10)18-7-13(11)23(3)21-15/h6-10,24H,4-5H2,1-3H3,(H,18,20,25)/t9-/m0/s1. The summed E-state index contributed by atoms with van der Waals surface area (Å²) in [6, 6.07) is 1.83. The van der Waals surface area contributed by atoms with Crippen molar-refractivity contribution >= 4 is 22.6 Å². The summed E-state index contributed by atoms with van der Waals surface area (Å²) in [5.74, 6) is 1.23. The van der Waals surface area contributed by atoms with Gasteiger partial charge in [0.05, 0.1) is 11.7 Å². The molecule has 0 saturated heterocycles. The number of anilines is 1. The second kappa shape index (κ2) is 5.66. The summed E-state index contributed by atoms with van der Waals surface area (Å²) in [4.78, 5) is 20.8. The molecule has 130 valence electrons. The number of imidazole rings is 1. The van der Waals surface area contributed by atoms with Gasteiger partial charge in [-0.2, -0.15) is 5.10 Å². The third-order valence-corrected chi connectivity index (χ3v) is 4.46. The van der Waals surface area contributed by atoms with Crippen LogP contribution in [0.2, 0.25) is 0 Å². The van der Waals surface area contributed by atoms with Gasteiger partial charge in [0.1, 0.15) is 29.1 Å². The van der Waals surface area contributed by atoms with Crippen molar-refractivity contribution in [3.8, 4) is 11.4 Å². The molecule has 0 spiro atoms. The first kappa shape index (κ1) is 15.8. The van der Waals surface area contributed by atoms with Crippen molar-refractivity contribution in [3.05, 3.63) is 24.3 Å². The van der Waals surface area contributed by atoms with Crippen molar-refractivity contribution in [2.24, 2.45) is 20.0 Å². The van der Waals surface area contributed by atoms with Gasteiger partial charge in [0.15, 0.2) is 0 Å². The van der Waals surface area contributed by atoms with Crippen LogP contribution in [-0.2, 0) is 18.9 Å². The fraction of sp³-hybridized carbons (Fsp3) is 0.412. The highest BCUT2D eigenvalue weighted by molar-refractivity contribution is 5.98. The number of carbonyl (C=O) groups is 1. The Bertz CT molecular complexity index is 967. The van der Waals surface area contributed by atoms with E-state index in [9.17, 15) is 9.90 Å². The molecule has 2 N–H and O–H groups in total. The Morgan fingerprint density at radius 1 is 1.40 bits per heavy atom. The minimum Gasteiger partial charge on any atom is -0.385 e. The van der Waals surface area contributed by atoms with E-state index >= 15 is 0 Å². The Morgan fingerprint density at radius 2 is 2.16 bits per heavy atom. The molecule has 25 heavy (non-hydrogen) atoms. The number of aromatic nitrogens is 5. The molecule has 0 aliphatic heterocycles. The van der Waals surface area contributed by atoms with Crippen LogP contribution in [-0.4, -0.2) is 35.3 Å². The molecule has 3 aromatic heterocycles. The number of aliphatic hydroxyl groups excluding tert-OH is 1. The molecule has 1 amide bonds. The number of pyridine rings is 1. The molecule has 1 aliphatic rings. The lowest BCUT2D eigenvalue weighted by atomic mass is 10.2. The first-order valence-electron chi connectivity index (χ1n) is 8.29. The molecule has 3 aromatic rings. The van der Waals surface area contributed by atoms with Gasteiger partial charge in [0.2, 0.25) is 5.91 Å². The zero-order valence-corrected chi connectivity index (χ0v) is 14.4. The number of hydrogen-bond acceptors (Lipinski definition) is 5. The first-order chi connectivity index (χ1) is 11.9. The minimum atomic E-state index is -0.663. The first-order valence-corrected chi connectivity index (χ1v) is 8.29. The molecule has 1 fully saturated rings. The van der Waals surface area contributed by atoms with Gasteiger partial charge in [-0.05, 0) is 25.8 Å². The van der Waals surface area contributed by atoms with Gasteiger partial charge in [-0.15, -0.1) is 0 Å². The number of fused-ring (bicyclic) bond motifs is 1. The second-order valence-corrected chi connectivity index (χ2v) is 6.59. The zero-order valence-electron chi connectivity index (χ0n) is 14.4. The van der Waals surface area contributed by atoms with E-state index in [0.717, 1.165) is 23.7 Å². The number of rotatable bonds is 4. The van der Waals surface area contributed by atoms with Crippen molar-refractivity contribution in [3.63, 3.8) is 0 Å². The predicted molar refractivity (Wildman–Crippen MR) is 92.7 cm³/mol. The van der Waals surface area contributed by atoms with Crippen molar-refractivity contribution < 1.29 is 9.90 Å². The molecule has 1 aliphatic carbocycles. The molecular weight excluding hydrogens is 320 g/mol. The second-order valence-electron chi connectivity index (χ2n) is 6.59. The maximum absolute atomic E-state index is 12.0. The van der Waals surface area contributed by atoms with E-state index in [1.165, 1.54) is 0 Å². The molecule has 3 heterocycles. The fourth-order valence-electron chi connectivity index (χ4n) is 2.97. The van der Waals surface area contributed by atoms with Crippen LogP contribution in [0, 0.1) is 5.92 Å². The number of aryl methyl sites for hydroxylation is 2. The van der Waals surface area contributed by atoms with Crippen LogP contribution >= 0.6 is 0 Å². The van der Waals surface area contributed by atoms with E-state index in [4.69, 9.17) is 0 Å². The lowest BCUT2D eigenvalue weighted by molar-refractivity contribution is -0.117. The van der Waals surface area contributed by atoms with Gasteiger partial charge in [-0.25, -0.2) is 9.97 Å². The Hall–Kier alpha value is -2.74. The van der Waals surface area contributed by atoms with Gasteiger partial charge >= 0.3 is 0 Å². The van der Waals surface area contributed by atoms with E-state index in [0.29, 0.717) is 23.0 Å². The number of nitrogens with zero attached hydrogens (tertiary/aromatic N) is 5. The summed E-state index contributed by atoms with van der Waals surface area (Å²) in [5.41, 5.74) is 2.22. The number of nitrogens with one attached hydrogen (secondary N) is 1. The average Bonchev–Trinajstić information content (AvgIpc) is 3.27. The summed E-state index contributed by atoms with van der Waals surface area (Å²) in [6.07, 6.45) is 4.77. The molecule has 0 bridgehead atoms. The highest BCUT2D eigenvalue weighted by Crippen LogP contribution is 2.32. The van der Waals surface area contributed by atoms with Gasteiger partial charge in [-0.1, -0.05) is 0 Å². The summed E-state index contributed by atoms with van der Waals surface area (Å²) in [5, 5.41) is 18.1. The van der Waals surface area contributed by atoms with E-state index in [1.807, 2.05) is 26.4 Å². The number of aliphatic hydroxyl groups is 1. The van der Waals surface area contributed by atoms with Crippen LogP contribution in [0.1, 0.15) is 31.7 Å². The molecule has 4 rings (SSSR count). The summed E-state index contributed by atoms with van der Waals surface area (Å²) in [6.45, 7) is 1.68. The van der Waals surface area contributed by atoms with E-state index in [-0.39, 0.29) is 11.8 Å². The molecular formula is C17H20N6O2. The van der Waals surface area contributed by atoms with Gasteiger partial charge in [0.25, 0.3) is 0 Å². The number of amides is 1. The lowest BCUT2D eigenvalue weighted by Gasteiger charge is -2.03. The lowest BCUT2D eigenvalue weighted by Crippen LogP contribution is -2.14. The Labute approximate surface area is 144 Å². The largest absolute Gasteiger partial charge is 0.385 e.